The second-order valence-electron chi connectivity index (χ2n) is 9.25. The predicted molar refractivity (Wildman–Crippen MR) is 127 cm³/mol. The molecule has 1 aliphatic heterocycles. The van der Waals surface area contributed by atoms with Gasteiger partial charge in [-0.2, -0.15) is 0 Å². The fourth-order valence-corrected chi connectivity index (χ4v) is 3.83. The molecule has 0 fully saturated rings. The SMILES string of the molecule is COC(=O)CCC1(C(=O)OC)COc2cc(-c3ccccc3)ccc2N(C(=O)OC(C)(C)C)C1. The Kier molecular flexibility index (Phi) is 7.49. The number of benzene rings is 2. The average Bonchev–Trinajstić information content (AvgIpc) is 2.99. The fourth-order valence-electron chi connectivity index (χ4n) is 3.83. The highest BCUT2D eigenvalue weighted by Gasteiger charge is 2.47. The number of anilines is 1. The lowest BCUT2D eigenvalue weighted by Crippen LogP contribution is -2.49. The zero-order valence-electron chi connectivity index (χ0n) is 20.3. The molecule has 3 rings (SSSR count). The minimum absolute atomic E-state index is 0.0390. The van der Waals surface area contributed by atoms with Crippen LogP contribution >= 0.6 is 0 Å². The maximum atomic E-state index is 13.3. The Morgan fingerprint density at radius 2 is 1.71 bits per heavy atom. The highest BCUT2D eigenvalue weighted by molar-refractivity contribution is 5.93. The van der Waals surface area contributed by atoms with E-state index in [0.29, 0.717) is 11.4 Å². The van der Waals surface area contributed by atoms with Gasteiger partial charge in [-0.05, 0) is 50.5 Å². The number of rotatable bonds is 5. The van der Waals surface area contributed by atoms with Crippen molar-refractivity contribution in [2.24, 2.45) is 5.41 Å². The van der Waals surface area contributed by atoms with Crippen LogP contribution in [0.25, 0.3) is 11.1 Å². The topological polar surface area (TPSA) is 91.4 Å². The molecule has 1 unspecified atom stereocenters. The molecule has 8 nitrogen and oxygen atoms in total. The lowest BCUT2D eigenvalue weighted by atomic mass is 9.83. The van der Waals surface area contributed by atoms with Crippen molar-refractivity contribution < 1.29 is 33.3 Å². The van der Waals surface area contributed by atoms with Crippen molar-refractivity contribution in [3.05, 3.63) is 48.5 Å². The van der Waals surface area contributed by atoms with Crippen molar-refractivity contribution in [2.75, 3.05) is 32.3 Å². The van der Waals surface area contributed by atoms with Gasteiger partial charge in [0, 0.05) is 13.0 Å². The van der Waals surface area contributed by atoms with Gasteiger partial charge in [0.1, 0.15) is 23.4 Å². The first kappa shape index (κ1) is 25.1. The third kappa shape index (κ3) is 5.68. The number of hydrogen-bond donors (Lipinski definition) is 0. The van der Waals surface area contributed by atoms with E-state index in [1.165, 1.54) is 19.1 Å². The summed E-state index contributed by atoms with van der Waals surface area (Å²) in [5, 5.41) is 0. The third-order valence-electron chi connectivity index (χ3n) is 5.59. The first-order valence-corrected chi connectivity index (χ1v) is 11.1. The molecule has 0 bridgehead atoms. The molecule has 34 heavy (non-hydrogen) atoms. The van der Waals surface area contributed by atoms with E-state index in [1.54, 1.807) is 26.8 Å². The molecular formula is C26H31NO7. The van der Waals surface area contributed by atoms with E-state index in [4.69, 9.17) is 18.9 Å². The Morgan fingerprint density at radius 3 is 2.32 bits per heavy atom. The number of hydrogen-bond acceptors (Lipinski definition) is 7. The van der Waals surface area contributed by atoms with E-state index in [0.717, 1.165) is 11.1 Å². The van der Waals surface area contributed by atoms with Gasteiger partial charge in [-0.15, -0.1) is 0 Å². The Morgan fingerprint density at radius 1 is 1.00 bits per heavy atom. The van der Waals surface area contributed by atoms with Gasteiger partial charge in [0.25, 0.3) is 0 Å². The predicted octanol–water partition coefficient (Wildman–Crippen LogP) is 4.60. The van der Waals surface area contributed by atoms with E-state index in [1.807, 2.05) is 42.5 Å². The van der Waals surface area contributed by atoms with Crippen LogP contribution in [0.15, 0.2) is 48.5 Å². The van der Waals surface area contributed by atoms with Crippen LogP contribution in [-0.4, -0.2) is 51.0 Å². The van der Waals surface area contributed by atoms with E-state index >= 15 is 0 Å². The zero-order chi connectivity index (χ0) is 24.9. The van der Waals surface area contributed by atoms with Gasteiger partial charge < -0.3 is 18.9 Å². The first-order valence-electron chi connectivity index (χ1n) is 11.1. The summed E-state index contributed by atoms with van der Waals surface area (Å²) in [4.78, 5) is 39.6. The molecule has 1 heterocycles. The summed E-state index contributed by atoms with van der Waals surface area (Å²) >= 11 is 0. The summed E-state index contributed by atoms with van der Waals surface area (Å²) in [5.41, 5.74) is 0.286. The Bertz CT molecular complexity index is 1040. The lowest BCUT2D eigenvalue weighted by Gasteiger charge is -2.33. The largest absolute Gasteiger partial charge is 0.490 e. The number of nitrogens with zero attached hydrogens (tertiary/aromatic N) is 1. The monoisotopic (exact) mass is 469 g/mol. The van der Waals surface area contributed by atoms with Crippen molar-refractivity contribution in [2.45, 2.75) is 39.2 Å². The van der Waals surface area contributed by atoms with Crippen LogP contribution in [0.1, 0.15) is 33.6 Å². The third-order valence-corrected chi connectivity index (χ3v) is 5.59. The average molecular weight is 470 g/mol. The number of ether oxygens (including phenoxy) is 4. The molecule has 0 aromatic heterocycles. The molecule has 0 spiro atoms. The summed E-state index contributed by atoms with van der Waals surface area (Å²) in [6.45, 7) is 5.14. The quantitative estimate of drug-likeness (QED) is 0.467. The van der Waals surface area contributed by atoms with Crippen LogP contribution in [0.2, 0.25) is 0 Å². The molecule has 8 heteroatoms. The first-order chi connectivity index (χ1) is 16.1. The number of amides is 1. The van der Waals surface area contributed by atoms with Crippen molar-refractivity contribution in [3.8, 4) is 16.9 Å². The van der Waals surface area contributed by atoms with E-state index in [9.17, 15) is 14.4 Å². The Labute approximate surface area is 199 Å². The maximum absolute atomic E-state index is 13.3. The van der Waals surface area contributed by atoms with Crippen LogP contribution in [0.4, 0.5) is 10.5 Å². The number of esters is 2. The van der Waals surface area contributed by atoms with Crippen LogP contribution in [0.3, 0.4) is 0 Å². The van der Waals surface area contributed by atoms with Crippen LogP contribution in [0, 0.1) is 5.41 Å². The number of methoxy groups -OCH3 is 2. The van der Waals surface area contributed by atoms with Crippen molar-refractivity contribution in [1.82, 2.24) is 0 Å². The zero-order valence-corrected chi connectivity index (χ0v) is 20.3. The highest BCUT2D eigenvalue weighted by Crippen LogP contribution is 2.41. The molecule has 1 aliphatic rings. The molecule has 0 aliphatic carbocycles. The van der Waals surface area contributed by atoms with Crippen LogP contribution < -0.4 is 9.64 Å². The minimum atomic E-state index is -1.30. The number of carbonyl (C=O) groups is 3. The van der Waals surface area contributed by atoms with Gasteiger partial charge in [0.2, 0.25) is 0 Å². The molecule has 2 aromatic carbocycles. The minimum Gasteiger partial charge on any atom is -0.490 e. The van der Waals surface area contributed by atoms with Crippen molar-refractivity contribution in [1.29, 1.82) is 0 Å². The summed E-state index contributed by atoms with van der Waals surface area (Å²) in [6, 6.07) is 15.2. The van der Waals surface area contributed by atoms with Gasteiger partial charge in [0.15, 0.2) is 0 Å². The van der Waals surface area contributed by atoms with Gasteiger partial charge >= 0.3 is 18.0 Å². The number of carbonyl (C=O) groups excluding carboxylic acids is 3. The van der Waals surface area contributed by atoms with E-state index in [2.05, 4.69) is 0 Å². The molecule has 0 radical (unpaired) electrons. The molecule has 182 valence electrons. The molecule has 0 saturated carbocycles. The second-order valence-corrected chi connectivity index (χ2v) is 9.25. The standard InChI is InChI=1S/C26H31NO7/c1-25(2,3)34-24(30)27-16-26(23(29)32-5,14-13-22(28)31-4)17-33-21-15-19(11-12-20(21)27)18-9-7-6-8-10-18/h6-12,15H,13-14,16-17H2,1-5H3. The molecule has 1 amide bonds. The fraction of sp³-hybridized carbons (Fsp3) is 0.423. The van der Waals surface area contributed by atoms with E-state index in [-0.39, 0.29) is 26.0 Å². The van der Waals surface area contributed by atoms with Crippen LogP contribution in [0.5, 0.6) is 5.75 Å². The normalized spacial score (nSPS) is 17.6. The van der Waals surface area contributed by atoms with Gasteiger partial charge in [-0.25, -0.2) is 4.79 Å². The molecular weight excluding hydrogens is 438 g/mol. The maximum Gasteiger partial charge on any atom is 0.414 e. The number of fused-ring (bicyclic) bond motifs is 1. The van der Waals surface area contributed by atoms with Gasteiger partial charge in [-0.3, -0.25) is 14.5 Å². The van der Waals surface area contributed by atoms with Gasteiger partial charge in [-0.1, -0.05) is 36.4 Å². The highest BCUT2D eigenvalue weighted by atomic mass is 16.6. The molecule has 2 aromatic rings. The molecule has 1 atom stereocenters. The lowest BCUT2D eigenvalue weighted by molar-refractivity contribution is -0.155. The summed E-state index contributed by atoms with van der Waals surface area (Å²) < 4.78 is 21.6. The smallest absolute Gasteiger partial charge is 0.414 e. The van der Waals surface area contributed by atoms with Crippen LogP contribution in [-0.2, 0) is 23.8 Å². The second kappa shape index (κ2) is 10.2. The van der Waals surface area contributed by atoms with E-state index < -0.39 is 29.0 Å². The van der Waals surface area contributed by atoms with Gasteiger partial charge in [0.05, 0.1) is 19.9 Å². The summed E-state index contributed by atoms with van der Waals surface area (Å²) in [5.74, 6) is -0.627. The molecule has 0 N–H and O–H groups in total. The van der Waals surface area contributed by atoms with Crippen molar-refractivity contribution in [3.63, 3.8) is 0 Å². The summed E-state index contributed by atoms with van der Waals surface area (Å²) in [6.07, 6.45) is -0.591. The molecule has 0 saturated heterocycles. The Balaban J connectivity index is 2.07. The Hall–Kier alpha value is -3.55. The van der Waals surface area contributed by atoms with Crippen molar-refractivity contribution >= 4 is 23.7 Å². The summed E-state index contributed by atoms with van der Waals surface area (Å²) in [7, 11) is 2.55.